The molecule has 1 aliphatic heterocycles. The summed E-state index contributed by atoms with van der Waals surface area (Å²) < 4.78 is 0. The number of carboxylic acid groups (broad SMARTS) is 1. The number of aliphatic imine (C=N–C) groups is 2. The Labute approximate surface area is 346 Å². The number of nitrogens with two attached hydrogens (primary N) is 5. The zero-order valence-electron chi connectivity index (χ0n) is 34.9. The number of benzene rings is 1. The van der Waals surface area contributed by atoms with Crippen molar-refractivity contribution in [2.75, 3.05) is 26.7 Å². The van der Waals surface area contributed by atoms with Crippen LogP contribution in [0.25, 0.3) is 0 Å². The number of carbonyl (C=O) groups excluding carboxylic acids is 5. The number of aliphatic carboxylic acids is 1. The van der Waals surface area contributed by atoms with Gasteiger partial charge < -0.3 is 64.6 Å². The zero-order valence-corrected chi connectivity index (χ0v) is 34.9. The van der Waals surface area contributed by atoms with E-state index in [-0.39, 0.29) is 75.3 Å². The molecule has 1 aliphatic rings. The Hall–Kier alpha value is -5.66. The second kappa shape index (κ2) is 24.3. The average Bonchev–Trinajstić information content (AvgIpc) is 3.67. The number of rotatable bonds is 24. The molecule has 1 saturated heterocycles. The van der Waals surface area contributed by atoms with Crippen LogP contribution in [-0.4, -0.2) is 130 Å². The van der Waals surface area contributed by atoms with Gasteiger partial charge in [-0.05, 0) is 74.5 Å². The van der Waals surface area contributed by atoms with Crippen molar-refractivity contribution < 1.29 is 39.0 Å². The molecule has 0 bridgehead atoms. The minimum atomic E-state index is -1.24. The number of nitrogens with zero attached hydrogens (tertiary/aromatic N) is 4. The first-order valence-corrected chi connectivity index (χ1v) is 20.1. The van der Waals surface area contributed by atoms with E-state index in [4.69, 9.17) is 28.7 Å². The number of phenolic OH excluding ortho intramolecular Hbond substituents is 1. The van der Waals surface area contributed by atoms with Crippen molar-refractivity contribution in [3.63, 3.8) is 0 Å². The largest absolute Gasteiger partial charge is 0.508 e. The van der Waals surface area contributed by atoms with Crippen LogP contribution in [0.5, 0.6) is 5.75 Å². The van der Waals surface area contributed by atoms with E-state index in [0.717, 1.165) is 0 Å². The molecule has 20 nitrogen and oxygen atoms in total. The van der Waals surface area contributed by atoms with Crippen molar-refractivity contribution in [2.45, 2.75) is 122 Å². The summed E-state index contributed by atoms with van der Waals surface area (Å²) >= 11 is 0. The van der Waals surface area contributed by atoms with Gasteiger partial charge in [0, 0.05) is 33.1 Å². The van der Waals surface area contributed by atoms with Crippen molar-refractivity contribution in [3.05, 3.63) is 29.8 Å². The topological polar surface area (TPSA) is 340 Å². The van der Waals surface area contributed by atoms with E-state index < -0.39 is 77.7 Å². The van der Waals surface area contributed by atoms with Crippen LogP contribution in [0.2, 0.25) is 0 Å². The number of phenols is 1. The third-order valence-corrected chi connectivity index (χ3v) is 10.2. The Balaban J connectivity index is 2.41. The zero-order chi connectivity index (χ0) is 44.4. The molecule has 0 aliphatic carbocycles. The van der Waals surface area contributed by atoms with Crippen LogP contribution in [0.15, 0.2) is 34.3 Å². The molecule has 20 heteroatoms. The molecule has 1 aromatic carbocycles. The predicted octanol–water partition coefficient (Wildman–Crippen LogP) is -1.18. The summed E-state index contributed by atoms with van der Waals surface area (Å²) in [6, 6.07) is -0.538. The van der Waals surface area contributed by atoms with Crippen LogP contribution in [0, 0.1) is 11.8 Å². The van der Waals surface area contributed by atoms with Crippen molar-refractivity contribution in [1.82, 2.24) is 25.8 Å². The Kier molecular flexibility index (Phi) is 20.4. The minimum absolute atomic E-state index is 0.00683. The molecule has 0 unspecified atom stereocenters. The van der Waals surface area contributed by atoms with E-state index in [0.29, 0.717) is 31.2 Å². The van der Waals surface area contributed by atoms with Crippen molar-refractivity contribution in [1.29, 1.82) is 0 Å². The Morgan fingerprint density at radius 2 is 1.44 bits per heavy atom. The highest BCUT2D eigenvalue weighted by Gasteiger charge is 2.41. The van der Waals surface area contributed by atoms with E-state index in [1.165, 1.54) is 29.0 Å². The van der Waals surface area contributed by atoms with Crippen molar-refractivity contribution in [2.24, 2.45) is 50.5 Å². The molecule has 1 aromatic rings. The SMILES string of the molecule is CC[C@H](C)[C@@H](C(=O)N[C@@H](CC(C)C)C(=O)O)N(C)C(=O)[C@H](Cc1ccc(O)cc1)NC(=O)[C@@H]1CCCN1C(=O)[C@H](CCCN=C(N)N)NC(=O)[C@@H](N)CCCN=C(N)N. The summed E-state index contributed by atoms with van der Waals surface area (Å²) in [4.78, 5) is 92.2. The molecule has 59 heavy (non-hydrogen) atoms. The fourth-order valence-electron chi connectivity index (χ4n) is 6.90. The molecule has 1 heterocycles. The van der Waals surface area contributed by atoms with Gasteiger partial charge in [0.2, 0.25) is 29.5 Å². The summed E-state index contributed by atoms with van der Waals surface area (Å²) in [6.45, 7) is 7.91. The van der Waals surface area contributed by atoms with Crippen LogP contribution in [-0.2, 0) is 35.2 Å². The van der Waals surface area contributed by atoms with Gasteiger partial charge in [0.25, 0.3) is 0 Å². The molecular formula is C39H66N12O8. The van der Waals surface area contributed by atoms with Crippen LogP contribution < -0.4 is 44.6 Å². The number of aromatic hydroxyl groups is 1. The van der Waals surface area contributed by atoms with E-state index >= 15 is 0 Å². The molecule has 5 amide bonds. The van der Waals surface area contributed by atoms with Crippen molar-refractivity contribution in [3.8, 4) is 5.75 Å². The molecule has 2 rings (SSSR count). The maximum absolute atomic E-state index is 14.4. The highest BCUT2D eigenvalue weighted by molar-refractivity contribution is 5.96. The predicted molar refractivity (Wildman–Crippen MR) is 223 cm³/mol. The van der Waals surface area contributed by atoms with E-state index in [2.05, 4.69) is 25.9 Å². The lowest BCUT2D eigenvalue weighted by Gasteiger charge is -2.35. The average molecular weight is 831 g/mol. The Morgan fingerprint density at radius 3 is 1.98 bits per heavy atom. The lowest BCUT2D eigenvalue weighted by molar-refractivity contribution is -0.147. The van der Waals surface area contributed by atoms with Gasteiger partial charge in [-0.1, -0.05) is 46.2 Å². The monoisotopic (exact) mass is 831 g/mol. The summed E-state index contributed by atoms with van der Waals surface area (Å²) in [5.41, 5.74) is 28.4. The van der Waals surface area contributed by atoms with Crippen molar-refractivity contribution >= 4 is 47.4 Å². The highest BCUT2D eigenvalue weighted by atomic mass is 16.4. The van der Waals surface area contributed by atoms with Gasteiger partial charge in [-0.2, -0.15) is 0 Å². The number of likely N-dealkylation sites (N-methyl/N-ethyl adjacent to an activating group) is 1. The van der Waals surface area contributed by atoms with Gasteiger partial charge in [0.1, 0.15) is 36.0 Å². The van der Waals surface area contributed by atoms with E-state index in [9.17, 15) is 39.0 Å². The standard InChI is InChI=1S/C39H66N12O8/c1-6-23(4)31(34(55)49-29(37(58)59)20-22(2)3)50(5)35(56)28(21-24-13-15-25(52)16-14-24)48-33(54)30-12-9-19-51(30)36(57)27(11-8-18-46-39(43)44)47-32(53)26(40)10-7-17-45-38(41)42/h13-16,22-23,26-31,52H,6-12,17-21,40H2,1-5H3,(H,47,53)(H,48,54)(H,49,55)(H,58,59)(H4,41,42,45)(H4,43,44,46)/t23-,26-,27-,28-,29-,30-,31-/m0/s1. The fraction of sp³-hybridized carbons (Fsp3) is 0.641. The Bertz CT molecular complexity index is 1630. The highest BCUT2D eigenvalue weighted by Crippen LogP contribution is 2.22. The number of carbonyl (C=O) groups is 6. The molecular weight excluding hydrogens is 765 g/mol. The summed E-state index contributed by atoms with van der Waals surface area (Å²) in [5.74, 6) is -4.89. The second-order valence-corrected chi connectivity index (χ2v) is 15.5. The molecule has 15 N–H and O–H groups in total. The number of amides is 5. The quantitative estimate of drug-likeness (QED) is 0.0334. The third-order valence-electron chi connectivity index (χ3n) is 10.2. The maximum Gasteiger partial charge on any atom is 0.326 e. The first-order chi connectivity index (χ1) is 27.8. The number of nitrogens with one attached hydrogen (secondary N) is 3. The number of hydrogen-bond acceptors (Lipinski definition) is 10. The summed E-state index contributed by atoms with van der Waals surface area (Å²) in [6.07, 6.45) is 2.40. The minimum Gasteiger partial charge on any atom is -0.508 e. The number of carboxylic acids is 1. The van der Waals surface area contributed by atoms with Crippen LogP contribution in [0.4, 0.5) is 0 Å². The number of hydrogen-bond donors (Lipinski definition) is 10. The van der Waals surface area contributed by atoms with E-state index in [1.807, 2.05) is 20.8 Å². The maximum atomic E-state index is 14.4. The normalized spacial score (nSPS) is 16.7. The molecule has 7 atom stereocenters. The second-order valence-electron chi connectivity index (χ2n) is 15.5. The van der Waals surface area contributed by atoms with Gasteiger partial charge in [-0.25, -0.2) is 4.79 Å². The molecule has 330 valence electrons. The van der Waals surface area contributed by atoms with Crippen LogP contribution >= 0.6 is 0 Å². The number of likely N-dealkylation sites (tertiary alicyclic amines) is 1. The molecule has 0 aromatic heterocycles. The van der Waals surface area contributed by atoms with Crippen LogP contribution in [0.3, 0.4) is 0 Å². The molecule has 0 radical (unpaired) electrons. The number of guanidine groups is 2. The van der Waals surface area contributed by atoms with Crippen LogP contribution in [0.1, 0.15) is 84.6 Å². The molecule has 1 fully saturated rings. The molecule has 0 saturated carbocycles. The van der Waals surface area contributed by atoms with Gasteiger partial charge in [0.05, 0.1) is 6.04 Å². The third kappa shape index (κ3) is 16.3. The lowest BCUT2D eigenvalue weighted by Crippen LogP contribution is -2.60. The van der Waals surface area contributed by atoms with Gasteiger partial charge >= 0.3 is 5.97 Å². The summed E-state index contributed by atoms with van der Waals surface area (Å²) in [7, 11) is 1.43. The summed E-state index contributed by atoms with van der Waals surface area (Å²) in [5, 5.41) is 27.9. The Morgan fingerprint density at radius 1 is 0.864 bits per heavy atom. The fourth-order valence-corrected chi connectivity index (χ4v) is 6.90. The van der Waals surface area contributed by atoms with Gasteiger partial charge in [-0.15, -0.1) is 0 Å². The van der Waals surface area contributed by atoms with E-state index in [1.54, 1.807) is 19.1 Å². The first-order valence-electron chi connectivity index (χ1n) is 20.1. The first kappa shape index (κ1) is 49.5. The van der Waals surface area contributed by atoms with Gasteiger partial charge in [0.15, 0.2) is 11.9 Å². The molecule has 0 spiro atoms. The lowest BCUT2D eigenvalue weighted by atomic mass is 9.94. The smallest absolute Gasteiger partial charge is 0.326 e. The van der Waals surface area contributed by atoms with Gasteiger partial charge in [-0.3, -0.25) is 34.0 Å².